The van der Waals surface area contributed by atoms with Gasteiger partial charge in [0.15, 0.2) is 0 Å². The van der Waals surface area contributed by atoms with Crippen LogP contribution in [0.2, 0.25) is 0 Å². The molecule has 19 heavy (non-hydrogen) atoms. The van der Waals surface area contributed by atoms with Crippen LogP contribution in [-0.4, -0.2) is 54.6 Å². The average Bonchev–Trinajstić information content (AvgIpc) is 2.46. The molecule has 2 N–H and O–H groups in total. The minimum Gasteiger partial charge on any atom is -0.340 e. The summed E-state index contributed by atoms with van der Waals surface area (Å²) in [6.07, 6.45) is 6.45. The SMILES string of the molecule is CC(CN)N(C)c1ncc(C2CCCN(C)C2)cn1. The first-order valence-electron chi connectivity index (χ1n) is 7.05. The van der Waals surface area contributed by atoms with Crippen molar-refractivity contribution < 1.29 is 0 Å². The Labute approximate surface area is 115 Å². The minimum atomic E-state index is 0.256. The Bertz CT molecular complexity index is 391. The summed E-state index contributed by atoms with van der Waals surface area (Å²) < 4.78 is 0. The van der Waals surface area contributed by atoms with Crippen LogP contribution in [-0.2, 0) is 0 Å². The molecule has 5 heteroatoms. The van der Waals surface area contributed by atoms with Crippen LogP contribution in [0.15, 0.2) is 12.4 Å². The van der Waals surface area contributed by atoms with Crippen LogP contribution < -0.4 is 10.6 Å². The zero-order valence-electron chi connectivity index (χ0n) is 12.2. The normalized spacial score (nSPS) is 22.2. The van der Waals surface area contributed by atoms with Crippen LogP contribution in [0.3, 0.4) is 0 Å². The van der Waals surface area contributed by atoms with Gasteiger partial charge in [0, 0.05) is 38.6 Å². The molecule has 1 fully saturated rings. The Hall–Kier alpha value is -1.20. The highest BCUT2D eigenvalue weighted by molar-refractivity contribution is 5.31. The zero-order chi connectivity index (χ0) is 13.8. The van der Waals surface area contributed by atoms with E-state index in [0.29, 0.717) is 12.5 Å². The second kappa shape index (κ2) is 6.30. The Morgan fingerprint density at radius 3 is 2.74 bits per heavy atom. The van der Waals surface area contributed by atoms with E-state index in [1.54, 1.807) is 0 Å². The smallest absolute Gasteiger partial charge is 0.225 e. The molecule has 2 rings (SSSR count). The van der Waals surface area contributed by atoms with Crippen molar-refractivity contribution in [1.29, 1.82) is 0 Å². The van der Waals surface area contributed by atoms with Crippen molar-refractivity contribution in [2.45, 2.75) is 31.7 Å². The monoisotopic (exact) mass is 263 g/mol. The van der Waals surface area contributed by atoms with E-state index in [1.165, 1.54) is 24.9 Å². The third kappa shape index (κ3) is 3.42. The summed E-state index contributed by atoms with van der Waals surface area (Å²) in [6.45, 7) is 4.99. The second-order valence-corrected chi connectivity index (χ2v) is 5.61. The summed E-state index contributed by atoms with van der Waals surface area (Å²) in [6, 6.07) is 0.256. The lowest BCUT2D eigenvalue weighted by Gasteiger charge is -2.30. The van der Waals surface area contributed by atoms with Crippen LogP contribution in [0.25, 0.3) is 0 Å². The highest BCUT2D eigenvalue weighted by Gasteiger charge is 2.20. The van der Waals surface area contributed by atoms with Crippen molar-refractivity contribution in [1.82, 2.24) is 14.9 Å². The van der Waals surface area contributed by atoms with E-state index in [0.717, 1.165) is 12.5 Å². The predicted molar refractivity (Wildman–Crippen MR) is 78.4 cm³/mol. The maximum Gasteiger partial charge on any atom is 0.225 e. The molecule has 106 valence electrons. The zero-order valence-corrected chi connectivity index (χ0v) is 12.2. The lowest BCUT2D eigenvalue weighted by Crippen LogP contribution is -2.36. The number of nitrogens with zero attached hydrogens (tertiary/aromatic N) is 4. The molecule has 0 aromatic carbocycles. The standard InChI is InChI=1S/C14H25N5/c1-11(7-15)19(3)14-16-8-13(9-17-14)12-5-4-6-18(2)10-12/h8-9,11-12H,4-7,10,15H2,1-3H3. The number of nitrogens with two attached hydrogens (primary N) is 1. The number of hydrogen-bond acceptors (Lipinski definition) is 5. The van der Waals surface area contributed by atoms with Gasteiger partial charge >= 0.3 is 0 Å². The highest BCUT2D eigenvalue weighted by atomic mass is 15.2. The predicted octanol–water partition coefficient (Wildman–Crippen LogP) is 1.07. The van der Waals surface area contributed by atoms with Crippen LogP contribution in [0.5, 0.6) is 0 Å². The van der Waals surface area contributed by atoms with Crippen LogP contribution in [0, 0.1) is 0 Å². The molecule has 0 amide bonds. The van der Waals surface area contributed by atoms with E-state index in [1.807, 2.05) is 24.3 Å². The molecule has 1 saturated heterocycles. The van der Waals surface area contributed by atoms with Gasteiger partial charge in [0.1, 0.15) is 0 Å². The molecule has 2 unspecified atom stereocenters. The van der Waals surface area contributed by atoms with Crippen LogP contribution >= 0.6 is 0 Å². The van der Waals surface area contributed by atoms with Crippen molar-refractivity contribution in [3.63, 3.8) is 0 Å². The van der Waals surface area contributed by atoms with Crippen molar-refractivity contribution in [3.05, 3.63) is 18.0 Å². The molecule has 2 atom stereocenters. The summed E-state index contributed by atoms with van der Waals surface area (Å²) in [5.41, 5.74) is 6.92. The molecule has 0 saturated carbocycles. The fourth-order valence-corrected chi connectivity index (χ4v) is 2.52. The largest absolute Gasteiger partial charge is 0.340 e. The Kier molecular flexibility index (Phi) is 4.71. The number of hydrogen-bond donors (Lipinski definition) is 1. The fraction of sp³-hybridized carbons (Fsp3) is 0.714. The van der Waals surface area contributed by atoms with Crippen molar-refractivity contribution in [3.8, 4) is 0 Å². The molecular formula is C14H25N5. The quantitative estimate of drug-likeness (QED) is 0.880. The minimum absolute atomic E-state index is 0.256. The van der Waals surface area contributed by atoms with Gasteiger partial charge in [0.2, 0.25) is 5.95 Å². The van der Waals surface area contributed by atoms with E-state index < -0.39 is 0 Å². The molecule has 1 aliphatic rings. The number of rotatable bonds is 4. The van der Waals surface area contributed by atoms with Crippen molar-refractivity contribution in [2.75, 3.05) is 38.6 Å². The van der Waals surface area contributed by atoms with Gasteiger partial charge in [-0.3, -0.25) is 0 Å². The van der Waals surface area contributed by atoms with E-state index in [4.69, 9.17) is 5.73 Å². The highest BCUT2D eigenvalue weighted by Crippen LogP contribution is 2.25. The second-order valence-electron chi connectivity index (χ2n) is 5.61. The number of anilines is 1. The van der Waals surface area contributed by atoms with Gasteiger partial charge in [-0.2, -0.15) is 0 Å². The third-order valence-electron chi connectivity index (χ3n) is 4.07. The Morgan fingerprint density at radius 2 is 2.16 bits per heavy atom. The number of aromatic nitrogens is 2. The molecule has 0 radical (unpaired) electrons. The lowest BCUT2D eigenvalue weighted by atomic mass is 9.93. The Morgan fingerprint density at radius 1 is 1.47 bits per heavy atom. The molecule has 0 spiro atoms. The molecule has 0 aliphatic carbocycles. The average molecular weight is 263 g/mol. The van der Waals surface area contributed by atoms with E-state index >= 15 is 0 Å². The van der Waals surface area contributed by atoms with Gasteiger partial charge in [0.05, 0.1) is 0 Å². The Balaban J connectivity index is 2.05. The molecule has 0 bridgehead atoms. The van der Waals surface area contributed by atoms with E-state index in [9.17, 15) is 0 Å². The third-order valence-corrected chi connectivity index (χ3v) is 4.07. The maximum atomic E-state index is 5.67. The first-order valence-corrected chi connectivity index (χ1v) is 7.05. The van der Waals surface area contributed by atoms with Gasteiger partial charge < -0.3 is 15.5 Å². The summed E-state index contributed by atoms with van der Waals surface area (Å²) in [5.74, 6) is 1.33. The van der Waals surface area contributed by atoms with Gasteiger partial charge in [-0.05, 0) is 44.8 Å². The fourth-order valence-electron chi connectivity index (χ4n) is 2.52. The molecule has 2 heterocycles. The summed E-state index contributed by atoms with van der Waals surface area (Å²) in [5, 5.41) is 0. The summed E-state index contributed by atoms with van der Waals surface area (Å²) >= 11 is 0. The topological polar surface area (TPSA) is 58.3 Å². The summed E-state index contributed by atoms with van der Waals surface area (Å²) in [4.78, 5) is 13.4. The molecule has 5 nitrogen and oxygen atoms in total. The first kappa shape index (κ1) is 14.2. The van der Waals surface area contributed by atoms with Crippen LogP contribution in [0.4, 0.5) is 5.95 Å². The molecular weight excluding hydrogens is 238 g/mol. The van der Waals surface area contributed by atoms with Crippen molar-refractivity contribution >= 4 is 5.95 Å². The van der Waals surface area contributed by atoms with Gasteiger partial charge in [-0.1, -0.05) is 0 Å². The van der Waals surface area contributed by atoms with Crippen LogP contribution in [0.1, 0.15) is 31.2 Å². The molecule has 1 aromatic rings. The first-order chi connectivity index (χ1) is 9.11. The lowest BCUT2D eigenvalue weighted by molar-refractivity contribution is 0.250. The number of piperidine rings is 1. The molecule has 1 aliphatic heterocycles. The number of likely N-dealkylation sites (N-methyl/N-ethyl adjacent to an activating group) is 2. The van der Waals surface area contributed by atoms with Gasteiger partial charge in [-0.25, -0.2) is 9.97 Å². The summed E-state index contributed by atoms with van der Waals surface area (Å²) in [7, 11) is 4.17. The van der Waals surface area contributed by atoms with Crippen molar-refractivity contribution in [2.24, 2.45) is 5.73 Å². The van der Waals surface area contributed by atoms with E-state index in [-0.39, 0.29) is 6.04 Å². The van der Waals surface area contributed by atoms with E-state index in [2.05, 4.69) is 28.8 Å². The maximum absolute atomic E-state index is 5.67. The van der Waals surface area contributed by atoms with Gasteiger partial charge in [0.25, 0.3) is 0 Å². The molecule has 1 aromatic heterocycles. The van der Waals surface area contributed by atoms with Gasteiger partial charge in [-0.15, -0.1) is 0 Å². The number of likely N-dealkylation sites (tertiary alicyclic amines) is 1.